The average Bonchev–Trinajstić information content (AvgIpc) is 2.85. The van der Waals surface area contributed by atoms with Crippen molar-refractivity contribution in [2.75, 3.05) is 18.4 Å². The molecule has 0 unspecified atom stereocenters. The van der Waals surface area contributed by atoms with Gasteiger partial charge in [0.1, 0.15) is 11.3 Å². The Labute approximate surface area is 143 Å². The van der Waals surface area contributed by atoms with Gasteiger partial charge in [0.05, 0.1) is 4.92 Å². The Hall–Kier alpha value is -1.83. The predicted molar refractivity (Wildman–Crippen MR) is 90.6 cm³/mol. The predicted octanol–water partition coefficient (Wildman–Crippen LogP) is 3.78. The monoisotopic (exact) mass is 385 g/mol. The molecule has 1 fully saturated rings. The third-order valence-corrected chi connectivity index (χ3v) is 3.85. The Bertz CT molecular complexity index is 615. The fraction of sp³-hybridized carbons (Fsp3) is 0.533. The molecular formula is C15H20BrN3O4. The van der Waals surface area contributed by atoms with Crippen LogP contribution in [0.4, 0.5) is 16.2 Å². The molecule has 0 spiro atoms. The van der Waals surface area contributed by atoms with Gasteiger partial charge in [0.15, 0.2) is 0 Å². The SMILES string of the molecule is CC(C)(C)OC(=O)N1CC[C@@H](Nc2cc(Br)ccc2[N+](=O)[O-])C1. The van der Waals surface area contributed by atoms with E-state index < -0.39 is 10.5 Å². The lowest BCUT2D eigenvalue weighted by molar-refractivity contribution is -0.384. The van der Waals surface area contributed by atoms with E-state index in [9.17, 15) is 14.9 Å². The minimum absolute atomic E-state index is 0.0175. The average molecular weight is 386 g/mol. The second-order valence-corrected chi connectivity index (χ2v) is 7.39. The second-order valence-electron chi connectivity index (χ2n) is 6.47. The third-order valence-electron chi connectivity index (χ3n) is 3.35. The standard InChI is InChI=1S/C15H20BrN3O4/c1-15(2,3)23-14(20)18-7-6-11(9-18)17-12-8-10(16)4-5-13(12)19(21)22/h4-5,8,11,17H,6-7,9H2,1-3H3/t11-/m1/s1. The van der Waals surface area contributed by atoms with Gasteiger partial charge < -0.3 is 15.0 Å². The quantitative estimate of drug-likeness (QED) is 0.631. The van der Waals surface area contributed by atoms with E-state index in [0.29, 0.717) is 25.2 Å². The van der Waals surface area contributed by atoms with Gasteiger partial charge in [-0.3, -0.25) is 10.1 Å². The van der Waals surface area contributed by atoms with Crippen LogP contribution in [0.25, 0.3) is 0 Å². The van der Waals surface area contributed by atoms with Crippen LogP contribution >= 0.6 is 15.9 Å². The molecule has 1 aromatic carbocycles. The van der Waals surface area contributed by atoms with Crippen molar-refractivity contribution in [3.63, 3.8) is 0 Å². The van der Waals surface area contributed by atoms with Crippen molar-refractivity contribution >= 4 is 33.4 Å². The highest BCUT2D eigenvalue weighted by atomic mass is 79.9. The number of carbonyl (C=O) groups excluding carboxylic acids is 1. The number of rotatable bonds is 3. The number of nitro groups is 1. The molecule has 7 nitrogen and oxygen atoms in total. The van der Waals surface area contributed by atoms with Gasteiger partial charge in [-0.05, 0) is 39.3 Å². The van der Waals surface area contributed by atoms with E-state index in [4.69, 9.17) is 4.74 Å². The van der Waals surface area contributed by atoms with E-state index in [1.54, 1.807) is 17.0 Å². The number of hydrogen-bond donors (Lipinski definition) is 1. The summed E-state index contributed by atoms with van der Waals surface area (Å²) < 4.78 is 6.10. The molecule has 2 rings (SSSR count). The summed E-state index contributed by atoms with van der Waals surface area (Å²) in [5, 5.41) is 14.3. The fourth-order valence-corrected chi connectivity index (χ4v) is 2.73. The molecule has 0 bridgehead atoms. The zero-order chi connectivity index (χ0) is 17.2. The summed E-state index contributed by atoms with van der Waals surface area (Å²) in [6.45, 7) is 6.48. The van der Waals surface area contributed by atoms with Crippen molar-refractivity contribution in [3.05, 3.63) is 32.8 Å². The van der Waals surface area contributed by atoms with Crippen molar-refractivity contribution < 1.29 is 14.5 Å². The Morgan fingerprint density at radius 1 is 1.48 bits per heavy atom. The van der Waals surface area contributed by atoms with Crippen molar-refractivity contribution in [1.82, 2.24) is 4.90 Å². The minimum atomic E-state index is -0.536. The van der Waals surface area contributed by atoms with Gasteiger partial charge in [-0.1, -0.05) is 15.9 Å². The first-order chi connectivity index (χ1) is 10.7. The van der Waals surface area contributed by atoms with Crippen LogP contribution in [-0.4, -0.2) is 40.6 Å². The lowest BCUT2D eigenvalue weighted by Crippen LogP contribution is -2.36. The largest absolute Gasteiger partial charge is 0.444 e. The molecule has 1 aliphatic rings. The molecule has 1 aromatic rings. The maximum atomic E-state index is 12.0. The number of halogens is 1. The first kappa shape index (κ1) is 17.5. The Kier molecular flexibility index (Phi) is 5.13. The van der Waals surface area contributed by atoms with E-state index in [1.165, 1.54) is 6.07 Å². The highest BCUT2D eigenvalue weighted by Crippen LogP contribution is 2.29. The first-order valence-electron chi connectivity index (χ1n) is 7.34. The molecule has 1 atom stereocenters. The number of amides is 1. The maximum Gasteiger partial charge on any atom is 0.410 e. The van der Waals surface area contributed by atoms with Crippen LogP contribution in [0, 0.1) is 10.1 Å². The van der Waals surface area contributed by atoms with Gasteiger partial charge >= 0.3 is 6.09 Å². The Balaban J connectivity index is 2.02. The number of hydrogen-bond acceptors (Lipinski definition) is 5. The molecule has 1 aliphatic heterocycles. The van der Waals surface area contributed by atoms with Crippen molar-refractivity contribution in [2.24, 2.45) is 0 Å². The summed E-state index contributed by atoms with van der Waals surface area (Å²) in [7, 11) is 0. The summed E-state index contributed by atoms with van der Waals surface area (Å²) in [4.78, 5) is 24.3. The fourth-order valence-electron chi connectivity index (χ4n) is 2.37. The molecule has 1 N–H and O–H groups in total. The maximum absolute atomic E-state index is 12.0. The number of carbonyl (C=O) groups is 1. The lowest BCUT2D eigenvalue weighted by atomic mass is 10.2. The van der Waals surface area contributed by atoms with Crippen molar-refractivity contribution in [2.45, 2.75) is 38.8 Å². The van der Waals surface area contributed by atoms with Crippen LogP contribution in [-0.2, 0) is 4.74 Å². The minimum Gasteiger partial charge on any atom is -0.444 e. The molecule has 1 amide bonds. The van der Waals surface area contributed by atoms with E-state index in [0.717, 1.165) is 4.47 Å². The van der Waals surface area contributed by atoms with Gasteiger partial charge in [-0.15, -0.1) is 0 Å². The normalized spacial score (nSPS) is 17.9. The number of likely N-dealkylation sites (tertiary alicyclic amines) is 1. The van der Waals surface area contributed by atoms with Crippen molar-refractivity contribution in [1.29, 1.82) is 0 Å². The van der Waals surface area contributed by atoms with E-state index in [2.05, 4.69) is 21.2 Å². The van der Waals surface area contributed by atoms with Gasteiger partial charge in [0.25, 0.3) is 5.69 Å². The molecular weight excluding hydrogens is 366 g/mol. The van der Waals surface area contributed by atoms with Gasteiger partial charge in [0.2, 0.25) is 0 Å². The summed E-state index contributed by atoms with van der Waals surface area (Å²) in [5.74, 6) is 0. The molecule has 1 heterocycles. The van der Waals surface area contributed by atoms with Crippen LogP contribution in [0.5, 0.6) is 0 Å². The molecule has 1 saturated heterocycles. The second kappa shape index (κ2) is 6.74. The molecule has 0 aromatic heterocycles. The van der Waals surface area contributed by atoms with Gasteiger partial charge in [-0.2, -0.15) is 0 Å². The van der Waals surface area contributed by atoms with Crippen LogP contribution in [0.15, 0.2) is 22.7 Å². The lowest BCUT2D eigenvalue weighted by Gasteiger charge is -2.24. The van der Waals surface area contributed by atoms with Crippen LogP contribution < -0.4 is 5.32 Å². The molecule has 23 heavy (non-hydrogen) atoms. The number of nitrogens with one attached hydrogen (secondary N) is 1. The Morgan fingerprint density at radius 2 is 2.17 bits per heavy atom. The molecule has 0 saturated carbocycles. The molecule has 0 aliphatic carbocycles. The number of benzene rings is 1. The summed E-state index contributed by atoms with van der Waals surface area (Å²) in [5.41, 5.74) is -0.0737. The van der Waals surface area contributed by atoms with Crippen LogP contribution in [0.3, 0.4) is 0 Å². The highest BCUT2D eigenvalue weighted by molar-refractivity contribution is 9.10. The zero-order valence-electron chi connectivity index (χ0n) is 13.3. The molecule has 8 heteroatoms. The number of ether oxygens (including phenoxy) is 1. The van der Waals surface area contributed by atoms with Crippen molar-refractivity contribution in [3.8, 4) is 0 Å². The van der Waals surface area contributed by atoms with Gasteiger partial charge in [-0.25, -0.2) is 4.79 Å². The summed E-state index contributed by atoms with van der Waals surface area (Å²) in [6, 6.07) is 4.71. The summed E-state index contributed by atoms with van der Waals surface area (Å²) >= 11 is 3.32. The first-order valence-corrected chi connectivity index (χ1v) is 8.13. The summed E-state index contributed by atoms with van der Waals surface area (Å²) in [6.07, 6.45) is 0.355. The number of nitro benzene ring substituents is 1. The smallest absolute Gasteiger partial charge is 0.410 e. The number of nitrogens with zero attached hydrogens (tertiary/aromatic N) is 2. The van der Waals surface area contributed by atoms with Crippen LogP contribution in [0.2, 0.25) is 0 Å². The zero-order valence-corrected chi connectivity index (χ0v) is 14.9. The van der Waals surface area contributed by atoms with E-state index in [1.807, 2.05) is 20.8 Å². The molecule has 0 radical (unpaired) electrons. The van der Waals surface area contributed by atoms with E-state index in [-0.39, 0.29) is 17.8 Å². The Morgan fingerprint density at radius 3 is 2.78 bits per heavy atom. The third kappa shape index (κ3) is 4.82. The van der Waals surface area contributed by atoms with Crippen LogP contribution in [0.1, 0.15) is 27.2 Å². The van der Waals surface area contributed by atoms with E-state index >= 15 is 0 Å². The highest BCUT2D eigenvalue weighted by Gasteiger charge is 2.30. The topological polar surface area (TPSA) is 84.7 Å². The van der Waals surface area contributed by atoms with Gasteiger partial charge in [0, 0.05) is 29.7 Å². The molecule has 126 valence electrons. The number of anilines is 1.